The Morgan fingerprint density at radius 3 is 1.80 bits per heavy atom. The number of carbonyl (C=O) groups is 3. The number of hydrogen-bond acceptors (Lipinski definition) is 5. The summed E-state index contributed by atoms with van der Waals surface area (Å²) in [6.07, 6.45) is 1.56. The molecule has 7 aromatic carbocycles. The first kappa shape index (κ1) is 34.3. The standard InChI is InChI=1S/C48H38N2O4/c1-32-29-33(2)31-40(30-32)54-45(51)18-9-11-34-19-23-39(24-20-34)50-47(52)43-17-10-16-42-41(27-28-44(46(42)43)48(50)53)35-21-25-38(26-22-35)49(36-12-5-3-6-13-36)37-14-7-4-8-15-37/h3-8,10,12-17,19-31H,9,11,18H2,1-2H3. The number of nitrogens with zero attached hydrogens (tertiary/aromatic N) is 2. The van der Waals surface area contributed by atoms with Gasteiger partial charge in [-0.15, -0.1) is 0 Å². The molecule has 0 spiro atoms. The largest absolute Gasteiger partial charge is 0.427 e. The number of benzene rings is 7. The number of rotatable bonds is 10. The van der Waals surface area contributed by atoms with Crippen molar-refractivity contribution in [1.29, 1.82) is 0 Å². The minimum absolute atomic E-state index is 0.271. The Labute approximate surface area is 314 Å². The molecule has 0 aliphatic carbocycles. The van der Waals surface area contributed by atoms with Gasteiger partial charge in [0, 0.05) is 40.0 Å². The van der Waals surface area contributed by atoms with Crippen molar-refractivity contribution in [2.24, 2.45) is 0 Å². The van der Waals surface area contributed by atoms with E-state index in [0.717, 1.165) is 50.3 Å². The molecule has 8 rings (SSSR count). The SMILES string of the molecule is Cc1cc(C)cc(OC(=O)CCCc2ccc(N3C(=O)c4cccc5c(-c6ccc(N(c7ccccc7)c7ccccc7)cc6)ccc(c45)C3=O)cc2)c1. The highest BCUT2D eigenvalue weighted by Gasteiger charge is 2.34. The summed E-state index contributed by atoms with van der Waals surface area (Å²) in [5.74, 6) is -0.412. The van der Waals surface area contributed by atoms with Crippen LogP contribution in [0.1, 0.15) is 50.2 Å². The van der Waals surface area contributed by atoms with Gasteiger partial charge in [0.1, 0.15) is 5.75 Å². The molecule has 0 saturated carbocycles. The van der Waals surface area contributed by atoms with Gasteiger partial charge < -0.3 is 9.64 Å². The second-order valence-corrected chi connectivity index (χ2v) is 13.7. The Bertz CT molecular complexity index is 2430. The van der Waals surface area contributed by atoms with Gasteiger partial charge in [-0.05, 0) is 133 Å². The average Bonchev–Trinajstić information content (AvgIpc) is 3.18. The van der Waals surface area contributed by atoms with E-state index in [1.165, 1.54) is 4.90 Å². The average molecular weight is 707 g/mol. The second-order valence-electron chi connectivity index (χ2n) is 13.7. The first-order valence-electron chi connectivity index (χ1n) is 18.2. The van der Waals surface area contributed by atoms with Crippen molar-refractivity contribution in [2.45, 2.75) is 33.1 Å². The van der Waals surface area contributed by atoms with E-state index in [0.29, 0.717) is 40.8 Å². The van der Waals surface area contributed by atoms with Crippen LogP contribution in [0.15, 0.2) is 158 Å². The number of imide groups is 1. The molecule has 0 radical (unpaired) electrons. The molecule has 0 aromatic heterocycles. The molecule has 0 unspecified atom stereocenters. The summed E-state index contributed by atoms with van der Waals surface area (Å²) in [4.78, 5) is 44.0. The van der Waals surface area contributed by atoms with Gasteiger partial charge in [-0.2, -0.15) is 0 Å². The van der Waals surface area contributed by atoms with Gasteiger partial charge in [0.2, 0.25) is 0 Å². The molecular formula is C48H38N2O4. The van der Waals surface area contributed by atoms with Gasteiger partial charge in [-0.1, -0.05) is 84.9 Å². The molecule has 2 amide bonds. The van der Waals surface area contributed by atoms with Crippen LogP contribution in [0.3, 0.4) is 0 Å². The monoisotopic (exact) mass is 706 g/mol. The van der Waals surface area contributed by atoms with E-state index < -0.39 is 0 Å². The van der Waals surface area contributed by atoms with Crippen molar-refractivity contribution in [2.75, 3.05) is 9.80 Å². The van der Waals surface area contributed by atoms with Gasteiger partial charge >= 0.3 is 5.97 Å². The molecule has 7 aromatic rings. The van der Waals surface area contributed by atoms with E-state index in [2.05, 4.69) is 53.4 Å². The highest BCUT2D eigenvalue weighted by molar-refractivity contribution is 6.36. The van der Waals surface area contributed by atoms with E-state index in [1.54, 1.807) is 18.2 Å². The zero-order valence-corrected chi connectivity index (χ0v) is 30.2. The van der Waals surface area contributed by atoms with Crippen LogP contribution >= 0.6 is 0 Å². The fourth-order valence-corrected chi connectivity index (χ4v) is 7.40. The van der Waals surface area contributed by atoms with Crippen LogP contribution in [0.25, 0.3) is 21.9 Å². The molecule has 54 heavy (non-hydrogen) atoms. The molecule has 0 atom stereocenters. The van der Waals surface area contributed by atoms with Gasteiger partial charge in [0.15, 0.2) is 0 Å². The Balaban J connectivity index is 1.00. The molecule has 0 N–H and O–H groups in total. The number of carbonyl (C=O) groups excluding carboxylic acids is 3. The highest BCUT2D eigenvalue weighted by Crippen LogP contribution is 2.40. The first-order valence-corrected chi connectivity index (χ1v) is 18.2. The number of hydrogen-bond donors (Lipinski definition) is 0. The van der Waals surface area contributed by atoms with E-state index >= 15 is 0 Å². The highest BCUT2D eigenvalue weighted by atomic mass is 16.5. The molecule has 0 bridgehead atoms. The zero-order chi connectivity index (χ0) is 37.2. The van der Waals surface area contributed by atoms with Crippen molar-refractivity contribution in [3.8, 4) is 16.9 Å². The number of esters is 1. The number of para-hydroxylation sites is 2. The number of anilines is 4. The van der Waals surface area contributed by atoms with Crippen LogP contribution in [0, 0.1) is 13.8 Å². The zero-order valence-electron chi connectivity index (χ0n) is 30.2. The molecule has 1 aliphatic heterocycles. The number of aryl methyl sites for hydroxylation is 3. The van der Waals surface area contributed by atoms with E-state index in [9.17, 15) is 14.4 Å². The third-order valence-corrected chi connectivity index (χ3v) is 9.84. The quantitative estimate of drug-likeness (QED) is 0.0805. The molecule has 264 valence electrons. The first-order chi connectivity index (χ1) is 26.3. The van der Waals surface area contributed by atoms with Gasteiger partial charge in [0.05, 0.1) is 5.69 Å². The van der Waals surface area contributed by atoms with Gasteiger partial charge in [0.25, 0.3) is 11.8 Å². The molecule has 0 saturated heterocycles. The maximum atomic E-state index is 14.0. The Kier molecular flexibility index (Phi) is 9.33. The molecule has 0 fully saturated rings. The topological polar surface area (TPSA) is 66.9 Å². The van der Waals surface area contributed by atoms with Crippen molar-refractivity contribution < 1.29 is 19.1 Å². The number of ether oxygens (including phenoxy) is 1. The molecule has 6 nitrogen and oxygen atoms in total. The Morgan fingerprint density at radius 1 is 0.593 bits per heavy atom. The van der Waals surface area contributed by atoms with Crippen LogP contribution in [0.2, 0.25) is 0 Å². The van der Waals surface area contributed by atoms with Crippen LogP contribution < -0.4 is 14.5 Å². The lowest BCUT2D eigenvalue weighted by atomic mass is 9.89. The van der Waals surface area contributed by atoms with Crippen molar-refractivity contribution in [3.05, 3.63) is 186 Å². The van der Waals surface area contributed by atoms with E-state index in [4.69, 9.17) is 4.74 Å². The summed E-state index contributed by atoms with van der Waals surface area (Å²) in [5.41, 5.74) is 9.65. The molecular weight excluding hydrogens is 669 g/mol. The van der Waals surface area contributed by atoms with Gasteiger partial charge in [-0.3, -0.25) is 14.4 Å². The van der Waals surface area contributed by atoms with Crippen LogP contribution in [-0.2, 0) is 11.2 Å². The van der Waals surface area contributed by atoms with Crippen molar-refractivity contribution >= 4 is 51.3 Å². The molecule has 1 aliphatic rings. The van der Waals surface area contributed by atoms with E-state index in [1.807, 2.05) is 105 Å². The third-order valence-electron chi connectivity index (χ3n) is 9.84. The fourth-order valence-electron chi connectivity index (χ4n) is 7.40. The summed E-state index contributed by atoms with van der Waals surface area (Å²) in [5, 5.41) is 1.53. The van der Waals surface area contributed by atoms with Crippen LogP contribution in [0.4, 0.5) is 22.7 Å². The summed E-state index contributed by atoms with van der Waals surface area (Å²) < 4.78 is 5.54. The lowest BCUT2D eigenvalue weighted by Gasteiger charge is -2.28. The Morgan fingerprint density at radius 2 is 1.17 bits per heavy atom. The lowest BCUT2D eigenvalue weighted by Crippen LogP contribution is -2.40. The van der Waals surface area contributed by atoms with Crippen LogP contribution in [0.5, 0.6) is 5.75 Å². The smallest absolute Gasteiger partial charge is 0.311 e. The van der Waals surface area contributed by atoms with Crippen molar-refractivity contribution in [3.63, 3.8) is 0 Å². The summed E-state index contributed by atoms with van der Waals surface area (Å²) in [6.45, 7) is 3.95. The maximum absolute atomic E-state index is 14.0. The lowest BCUT2D eigenvalue weighted by molar-refractivity contribution is -0.134. The maximum Gasteiger partial charge on any atom is 0.311 e. The van der Waals surface area contributed by atoms with Crippen LogP contribution in [-0.4, -0.2) is 17.8 Å². The molecule has 6 heteroatoms. The number of amides is 2. The third kappa shape index (κ3) is 6.77. The normalized spacial score (nSPS) is 12.2. The summed E-state index contributed by atoms with van der Waals surface area (Å²) >= 11 is 0. The fraction of sp³-hybridized carbons (Fsp3) is 0.104. The minimum atomic E-state index is -0.353. The van der Waals surface area contributed by atoms with Crippen molar-refractivity contribution in [1.82, 2.24) is 0 Å². The summed E-state index contributed by atoms with van der Waals surface area (Å²) in [6, 6.07) is 51.5. The predicted octanol–water partition coefficient (Wildman–Crippen LogP) is 11.3. The van der Waals surface area contributed by atoms with E-state index in [-0.39, 0.29) is 24.2 Å². The molecule has 1 heterocycles. The second kappa shape index (κ2) is 14.7. The van der Waals surface area contributed by atoms with Gasteiger partial charge in [-0.25, -0.2) is 4.90 Å². The minimum Gasteiger partial charge on any atom is -0.427 e. The Hall–Kier alpha value is -6.79. The summed E-state index contributed by atoms with van der Waals surface area (Å²) in [7, 11) is 0. The predicted molar refractivity (Wildman–Crippen MR) is 216 cm³/mol.